The van der Waals surface area contributed by atoms with Gasteiger partial charge in [0.25, 0.3) is 0 Å². The van der Waals surface area contributed by atoms with Crippen molar-refractivity contribution < 1.29 is 14.8 Å². The van der Waals surface area contributed by atoms with Crippen LogP contribution in [0.4, 0.5) is 0 Å². The standard InChI is InChI=1S/2C14H17.C5H12Si.2ClH.Hf/c2*1-10-8-11-6-5-7-13(12(11)9-10)14(2,3)4;1-2-3-4-5-6;;;/h2*5-9H,1-4H3;6H,2-5H2,1H3;2*1H;/q;;;;;+2/p-2. The molecule has 0 amide bonds. The van der Waals surface area contributed by atoms with Crippen molar-refractivity contribution in [2.45, 2.75) is 106 Å². The van der Waals surface area contributed by atoms with Crippen LogP contribution < -0.4 is 0 Å². The topological polar surface area (TPSA) is 0 Å². The average Bonchev–Trinajstić information content (AvgIpc) is 3.31. The summed E-state index contributed by atoms with van der Waals surface area (Å²) in [5, 5.41) is 0. The maximum absolute atomic E-state index is 8.40. The molecule has 0 aliphatic heterocycles. The van der Waals surface area contributed by atoms with E-state index in [-0.39, 0.29) is 24.4 Å². The molecule has 2 aliphatic carbocycles. The minimum absolute atomic E-state index is 0.0375. The zero-order valence-electron chi connectivity index (χ0n) is 24.4. The molecule has 0 aromatic heterocycles. The molecule has 0 heterocycles. The summed E-state index contributed by atoms with van der Waals surface area (Å²) in [6.07, 6.45) is 8.58. The molecule has 4 heteroatoms. The van der Waals surface area contributed by atoms with Crippen LogP contribution in [-0.4, -0.2) is 6.22 Å². The van der Waals surface area contributed by atoms with Gasteiger partial charge in [0.15, 0.2) is 0 Å². The van der Waals surface area contributed by atoms with Crippen LogP contribution in [0.15, 0.2) is 47.5 Å². The third-order valence-electron chi connectivity index (χ3n) is 8.62. The second-order valence-corrected chi connectivity index (χ2v) is 63.6. The molecule has 2 atom stereocenters. The van der Waals surface area contributed by atoms with Gasteiger partial charge in [-0.3, -0.25) is 0 Å². The molecule has 4 rings (SSSR count). The predicted molar refractivity (Wildman–Crippen MR) is 166 cm³/mol. The van der Waals surface area contributed by atoms with E-state index in [9.17, 15) is 0 Å². The van der Waals surface area contributed by atoms with E-state index in [0.717, 1.165) is 0 Å². The first-order valence-electron chi connectivity index (χ1n) is 14.2. The number of unbranched alkanes of at least 4 members (excludes halogenated alkanes) is 2. The summed E-state index contributed by atoms with van der Waals surface area (Å²) in [6, 6.07) is 15.0. The molecule has 0 fully saturated rings. The molecule has 2 aromatic carbocycles. The molecule has 2 unspecified atom stereocenters. The Bertz CT molecular complexity index is 1250. The van der Waals surface area contributed by atoms with Crippen LogP contribution in [0.3, 0.4) is 0 Å². The van der Waals surface area contributed by atoms with E-state index in [4.69, 9.17) is 17.2 Å². The number of hydrogen-bond donors (Lipinski definition) is 0. The maximum atomic E-state index is 8.40. The Hall–Kier alpha value is -0.413. The SMILES string of the molecule is CCCCC[SiH]=[Hf]([Cl])([Cl])([CH]1C(C)=Cc2c1cccc2C(C)(C)C)[CH]1C(C)=Cc2c1cccc2C(C)(C)C. The molecular formula is C33H46Cl2HfSi. The quantitative estimate of drug-likeness (QED) is 0.206. The van der Waals surface area contributed by atoms with Crippen molar-refractivity contribution >= 4 is 35.5 Å². The van der Waals surface area contributed by atoms with Crippen LogP contribution in [0.25, 0.3) is 12.2 Å². The third kappa shape index (κ3) is 5.23. The first-order chi connectivity index (χ1) is 17.1. The zero-order valence-corrected chi connectivity index (χ0v) is 30.7. The van der Waals surface area contributed by atoms with Gasteiger partial charge in [-0.1, -0.05) is 0 Å². The molecule has 0 spiro atoms. The molecule has 2 aromatic rings. The monoisotopic (exact) mass is 720 g/mol. The van der Waals surface area contributed by atoms with E-state index < -0.39 is 14.8 Å². The predicted octanol–water partition coefficient (Wildman–Crippen LogP) is 10.9. The van der Waals surface area contributed by atoms with Gasteiger partial charge in [-0.15, -0.1) is 0 Å². The Morgan fingerprint density at radius 1 is 0.730 bits per heavy atom. The second kappa shape index (κ2) is 10.2. The number of allylic oxidation sites excluding steroid dienone is 2. The molecule has 0 saturated carbocycles. The second-order valence-electron chi connectivity index (χ2n) is 13.7. The van der Waals surface area contributed by atoms with Crippen molar-refractivity contribution in [3.8, 4) is 0 Å². The average molecular weight is 720 g/mol. The van der Waals surface area contributed by atoms with Crippen molar-refractivity contribution in [2.75, 3.05) is 0 Å². The van der Waals surface area contributed by atoms with E-state index in [2.05, 4.69) is 111 Å². The van der Waals surface area contributed by atoms with E-state index >= 15 is 0 Å². The fourth-order valence-corrected chi connectivity index (χ4v) is 58.0. The van der Waals surface area contributed by atoms with Crippen LogP contribution in [0.1, 0.15) is 122 Å². The number of benzene rings is 2. The molecule has 37 heavy (non-hydrogen) atoms. The molecule has 200 valence electrons. The molecule has 0 nitrogen and oxygen atoms in total. The van der Waals surface area contributed by atoms with Gasteiger partial charge in [-0.05, 0) is 0 Å². The minimum atomic E-state index is -4.72. The summed E-state index contributed by atoms with van der Waals surface area (Å²) >= 11 is -4.72. The summed E-state index contributed by atoms with van der Waals surface area (Å²) in [5.74, 6) is 0. The first-order valence-corrected chi connectivity index (χ1v) is 34.8. The van der Waals surface area contributed by atoms with Crippen LogP contribution >= 0.6 is 17.2 Å². The molecule has 0 bridgehead atoms. The molecule has 0 N–H and O–H groups in total. The first kappa shape index (κ1) is 29.6. The van der Waals surface area contributed by atoms with Crippen LogP contribution in [0, 0.1) is 0 Å². The van der Waals surface area contributed by atoms with Crippen LogP contribution in [0.2, 0.25) is 6.04 Å². The summed E-state index contributed by atoms with van der Waals surface area (Å²) in [4.78, 5) is 0. The van der Waals surface area contributed by atoms with Crippen LogP contribution in [0.5, 0.6) is 0 Å². The van der Waals surface area contributed by atoms with Gasteiger partial charge < -0.3 is 0 Å². The molecule has 0 radical (unpaired) electrons. The Labute approximate surface area is 235 Å². The Balaban J connectivity index is 2.00. The van der Waals surface area contributed by atoms with E-state index in [0.29, 0.717) is 0 Å². The Kier molecular flexibility index (Phi) is 8.16. The van der Waals surface area contributed by atoms with Gasteiger partial charge in [-0.25, -0.2) is 0 Å². The normalized spacial score (nSPS) is 19.9. The van der Waals surface area contributed by atoms with Crippen molar-refractivity contribution in [3.05, 3.63) is 80.9 Å². The van der Waals surface area contributed by atoms with Gasteiger partial charge in [0.1, 0.15) is 0 Å². The summed E-state index contributed by atoms with van der Waals surface area (Å²) in [5.41, 5.74) is 11.3. The van der Waals surface area contributed by atoms with Gasteiger partial charge >= 0.3 is 237 Å². The number of rotatable bonds is 6. The fourth-order valence-electron chi connectivity index (χ4n) is 7.05. The summed E-state index contributed by atoms with van der Waals surface area (Å²) in [7, 11) is 16.8. The van der Waals surface area contributed by atoms with Gasteiger partial charge in [0.05, 0.1) is 0 Å². The Morgan fingerprint density at radius 3 is 1.54 bits per heavy atom. The molecule has 2 aliphatic rings. The van der Waals surface area contributed by atoms with Gasteiger partial charge in [0, 0.05) is 0 Å². The van der Waals surface area contributed by atoms with E-state index in [1.54, 1.807) is 0 Å². The van der Waals surface area contributed by atoms with Crippen molar-refractivity contribution in [1.82, 2.24) is 0 Å². The fraction of sp³-hybridized carbons (Fsp3) is 0.515. The van der Waals surface area contributed by atoms with Crippen molar-refractivity contribution in [3.63, 3.8) is 0 Å². The summed E-state index contributed by atoms with van der Waals surface area (Å²) in [6.45, 7) is 20.8. The summed E-state index contributed by atoms with van der Waals surface area (Å²) < 4.78 is 0.374. The molecule has 0 saturated heterocycles. The van der Waals surface area contributed by atoms with E-state index in [1.807, 2.05) is 0 Å². The van der Waals surface area contributed by atoms with Crippen molar-refractivity contribution in [1.29, 1.82) is 0 Å². The van der Waals surface area contributed by atoms with Gasteiger partial charge in [-0.2, -0.15) is 0 Å². The van der Waals surface area contributed by atoms with E-state index in [1.165, 1.54) is 69.8 Å². The zero-order chi connectivity index (χ0) is 27.4. The molecular weight excluding hydrogens is 674 g/mol. The number of halogens is 2. The third-order valence-corrected chi connectivity index (χ3v) is 55.2. The van der Waals surface area contributed by atoms with Gasteiger partial charge in [0.2, 0.25) is 0 Å². The van der Waals surface area contributed by atoms with Crippen molar-refractivity contribution in [2.24, 2.45) is 0 Å². The number of fused-ring (bicyclic) bond motifs is 2. The Morgan fingerprint density at radius 2 is 1.16 bits per heavy atom. The van der Waals surface area contributed by atoms with Crippen LogP contribution in [-0.2, 0) is 25.6 Å². The number of hydrogen-bond acceptors (Lipinski definition) is 0.